The van der Waals surface area contributed by atoms with Crippen LogP contribution in [-0.4, -0.2) is 32.8 Å². The molecule has 1 saturated carbocycles. The fourth-order valence-corrected chi connectivity index (χ4v) is 2.28. The average molecular weight is 268 g/mol. The van der Waals surface area contributed by atoms with Gasteiger partial charge in [-0.3, -0.25) is 4.79 Å². The van der Waals surface area contributed by atoms with Crippen molar-refractivity contribution in [2.45, 2.75) is 38.1 Å². The Morgan fingerprint density at radius 3 is 2.53 bits per heavy atom. The quantitative estimate of drug-likeness (QED) is 0.723. The van der Waals surface area contributed by atoms with E-state index in [2.05, 4.69) is 27.2 Å². The number of aliphatic carboxylic acids is 1. The van der Waals surface area contributed by atoms with Crippen LogP contribution in [-0.2, 0) is 4.79 Å². The van der Waals surface area contributed by atoms with Crippen molar-refractivity contribution in [3.05, 3.63) is 5.69 Å². The molecule has 8 heteroatoms. The van der Waals surface area contributed by atoms with Crippen molar-refractivity contribution in [3.63, 3.8) is 0 Å². The number of aromatic nitrogens is 2. The Morgan fingerprint density at radius 2 is 2.05 bits per heavy atom. The molecule has 1 heterocycles. The minimum atomic E-state index is -1.25. The molecule has 1 amide bonds. The Bertz CT molecular complexity index is 491. The van der Waals surface area contributed by atoms with Gasteiger partial charge >= 0.3 is 5.97 Å². The molecule has 0 unspecified atom stereocenters. The summed E-state index contributed by atoms with van der Waals surface area (Å²) in [5, 5.41) is 18.6. The number of anilines is 1. The fourth-order valence-electron chi connectivity index (χ4n) is 2.28. The third-order valence-corrected chi connectivity index (χ3v) is 3.62. The van der Waals surface area contributed by atoms with Crippen LogP contribution in [0.3, 0.4) is 0 Å². The number of nitrogen functional groups attached to an aromatic ring is 1. The van der Waals surface area contributed by atoms with Crippen LogP contribution in [0.5, 0.6) is 0 Å². The minimum Gasteiger partial charge on any atom is -0.480 e. The SMILES string of the molecule is CC1CCC(NC(=O)c2nonc2N)(C(=O)O)CC1. The first-order chi connectivity index (χ1) is 8.94. The number of nitrogens with zero attached hydrogens (tertiary/aromatic N) is 2. The molecule has 1 aromatic heterocycles. The van der Waals surface area contributed by atoms with Crippen LogP contribution < -0.4 is 11.1 Å². The predicted octanol–water partition coefficient (Wildman–Crippen LogP) is 0.415. The van der Waals surface area contributed by atoms with Crippen LogP contribution in [0.15, 0.2) is 4.63 Å². The highest BCUT2D eigenvalue weighted by Crippen LogP contribution is 2.32. The van der Waals surface area contributed by atoms with E-state index in [-0.39, 0.29) is 11.5 Å². The molecule has 0 atom stereocenters. The molecule has 0 spiro atoms. The number of amides is 1. The number of nitrogens with one attached hydrogen (secondary N) is 1. The number of hydrogen-bond donors (Lipinski definition) is 3. The van der Waals surface area contributed by atoms with E-state index < -0.39 is 17.4 Å². The zero-order valence-electron chi connectivity index (χ0n) is 10.5. The largest absolute Gasteiger partial charge is 0.480 e. The van der Waals surface area contributed by atoms with Gasteiger partial charge in [-0.1, -0.05) is 6.92 Å². The second kappa shape index (κ2) is 4.87. The molecule has 104 valence electrons. The van der Waals surface area contributed by atoms with Gasteiger partial charge in [0.2, 0.25) is 11.5 Å². The normalized spacial score (nSPS) is 26.9. The standard InChI is InChI=1S/C11H16N4O4/c1-6-2-4-11(5-3-6,10(17)18)13-9(16)7-8(12)15-19-14-7/h6H,2-5H2,1H3,(H2,12,15)(H,13,16)(H,17,18). The molecule has 2 rings (SSSR count). The van der Waals surface area contributed by atoms with Crippen molar-refractivity contribution in [3.8, 4) is 0 Å². The summed E-state index contributed by atoms with van der Waals surface area (Å²) in [7, 11) is 0. The van der Waals surface area contributed by atoms with Crippen LogP contribution in [0.4, 0.5) is 5.82 Å². The topological polar surface area (TPSA) is 131 Å². The average Bonchev–Trinajstić information content (AvgIpc) is 2.78. The van der Waals surface area contributed by atoms with Crippen molar-refractivity contribution in [2.24, 2.45) is 5.92 Å². The summed E-state index contributed by atoms with van der Waals surface area (Å²) in [5.74, 6) is -1.40. The van der Waals surface area contributed by atoms with Crippen LogP contribution in [0.2, 0.25) is 0 Å². The van der Waals surface area contributed by atoms with Gasteiger partial charge in [0.15, 0.2) is 0 Å². The van der Waals surface area contributed by atoms with Crippen molar-refractivity contribution in [1.82, 2.24) is 15.6 Å². The smallest absolute Gasteiger partial charge is 0.329 e. The summed E-state index contributed by atoms with van der Waals surface area (Å²) in [6.07, 6.45) is 2.28. The third-order valence-electron chi connectivity index (χ3n) is 3.62. The monoisotopic (exact) mass is 268 g/mol. The lowest BCUT2D eigenvalue weighted by Gasteiger charge is -2.36. The lowest BCUT2D eigenvalue weighted by Crippen LogP contribution is -2.56. The van der Waals surface area contributed by atoms with Crippen molar-refractivity contribution in [2.75, 3.05) is 5.73 Å². The van der Waals surface area contributed by atoms with E-state index in [4.69, 9.17) is 5.73 Å². The molecule has 0 radical (unpaired) electrons. The van der Waals surface area contributed by atoms with Gasteiger partial charge in [-0.15, -0.1) is 0 Å². The molecule has 1 aliphatic carbocycles. The van der Waals surface area contributed by atoms with E-state index in [9.17, 15) is 14.7 Å². The van der Waals surface area contributed by atoms with E-state index in [0.717, 1.165) is 12.8 Å². The predicted molar refractivity (Wildman–Crippen MR) is 64.2 cm³/mol. The first-order valence-corrected chi connectivity index (χ1v) is 6.08. The van der Waals surface area contributed by atoms with Gasteiger partial charge in [-0.25, -0.2) is 9.42 Å². The zero-order chi connectivity index (χ0) is 14.0. The molecule has 0 bridgehead atoms. The second-order valence-electron chi connectivity index (χ2n) is 5.02. The van der Waals surface area contributed by atoms with Crippen molar-refractivity contribution in [1.29, 1.82) is 0 Å². The Balaban J connectivity index is 2.16. The third kappa shape index (κ3) is 2.51. The van der Waals surface area contributed by atoms with E-state index >= 15 is 0 Å². The van der Waals surface area contributed by atoms with Gasteiger partial charge in [0.1, 0.15) is 5.54 Å². The minimum absolute atomic E-state index is 0.151. The van der Waals surface area contributed by atoms with E-state index in [1.807, 2.05) is 0 Å². The summed E-state index contributed by atoms with van der Waals surface area (Å²) >= 11 is 0. The van der Waals surface area contributed by atoms with Gasteiger partial charge < -0.3 is 16.2 Å². The molecule has 19 heavy (non-hydrogen) atoms. The number of carbonyl (C=O) groups is 2. The van der Waals surface area contributed by atoms with Crippen molar-refractivity contribution >= 4 is 17.7 Å². The highest BCUT2D eigenvalue weighted by Gasteiger charge is 2.43. The maximum atomic E-state index is 12.0. The maximum Gasteiger partial charge on any atom is 0.329 e. The molecule has 0 saturated heterocycles. The van der Waals surface area contributed by atoms with Gasteiger partial charge in [0.05, 0.1) is 0 Å². The molecule has 8 nitrogen and oxygen atoms in total. The number of carboxylic acid groups (broad SMARTS) is 1. The van der Waals surface area contributed by atoms with E-state index in [1.165, 1.54) is 0 Å². The summed E-state index contributed by atoms with van der Waals surface area (Å²) in [4.78, 5) is 23.4. The van der Waals surface area contributed by atoms with Gasteiger partial charge in [0, 0.05) is 0 Å². The molecule has 1 fully saturated rings. The Labute approximate surface area is 109 Å². The number of carbonyl (C=O) groups excluding carboxylic acids is 1. The Kier molecular flexibility index (Phi) is 3.41. The van der Waals surface area contributed by atoms with E-state index in [0.29, 0.717) is 18.8 Å². The Hall–Kier alpha value is -2.12. The van der Waals surface area contributed by atoms with E-state index in [1.54, 1.807) is 0 Å². The van der Waals surface area contributed by atoms with Gasteiger partial charge in [-0.2, -0.15) is 0 Å². The molecule has 0 aromatic carbocycles. The summed E-state index contributed by atoms with van der Waals surface area (Å²) in [5.41, 5.74) is 3.98. The number of nitrogens with two attached hydrogens (primary N) is 1. The second-order valence-corrected chi connectivity index (χ2v) is 5.02. The molecule has 4 N–H and O–H groups in total. The van der Waals surface area contributed by atoms with Crippen LogP contribution in [0.1, 0.15) is 43.1 Å². The summed E-state index contributed by atoms with van der Waals surface area (Å²) in [6.45, 7) is 2.06. The fraction of sp³-hybridized carbons (Fsp3) is 0.636. The first-order valence-electron chi connectivity index (χ1n) is 6.08. The number of carboxylic acids is 1. The maximum absolute atomic E-state index is 12.0. The van der Waals surface area contributed by atoms with Gasteiger partial charge in [-0.05, 0) is 41.9 Å². The molecular weight excluding hydrogens is 252 g/mol. The number of hydrogen-bond acceptors (Lipinski definition) is 6. The summed E-state index contributed by atoms with van der Waals surface area (Å²) < 4.78 is 4.33. The highest BCUT2D eigenvalue weighted by atomic mass is 16.6. The molecule has 0 aliphatic heterocycles. The number of rotatable bonds is 3. The highest BCUT2D eigenvalue weighted by molar-refractivity contribution is 5.99. The Morgan fingerprint density at radius 1 is 1.42 bits per heavy atom. The molecule has 1 aliphatic rings. The van der Waals surface area contributed by atoms with Crippen molar-refractivity contribution < 1.29 is 19.3 Å². The van der Waals surface area contributed by atoms with Gasteiger partial charge in [0.25, 0.3) is 5.91 Å². The summed E-state index contributed by atoms with van der Waals surface area (Å²) in [6, 6.07) is 0. The molecule has 1 aromatic rings. The van der Waals surface area contributed by atoms with Crippen LogP contribution >= 0.6 is 0 Å². The first kappa shape index (κ1) is 13.3. The van der Waals surface area contributed by atoms with Crippen LogP contribution in [0, 0.1) is 5.92 Å². The lowest BCUT2D eigenvalue weighted by atomic mass is 9.77. The molecular formula is C11H16N4O4. The zero-order valence-corrected chi connectivity index (χ0v) is 10.5. The lowest BCUT2D eigenvalue weighted by molar-refractivity contribution is -0.146. The van der Waals surface area contributed by atoms with Crippen LogP contribution in [0.25, 0.3) is 0 Å².